The van der Waals surface area contributed by atoms with Crippen LogP contribution in [0, 0.1) is 23.7 Å². The van der Waals surface area contributed by atoms with Gasteiger partial charge >= 0.3 is 5.97 Å². The molecule has 1 aliphatic heterocycles. The summed E-state index contributed by atoms with van der Waals surface area (Å²) in [5.41, 5.74) is 0.710. The van der Waals surface area contributed by atoms with E-state index in [1.807, 2.05) is 0 Å². The fourth-order valence-corrected chi connectivity index (χ4v) is 5.35. The van der Waals surface area contributed by atoms with Gasteiger partial charge in [-0.1, -0.05) is 29.8 Å². The Morgan fingerprint density at radius 3 is 2.32 bits per heavy atom. The smallest absolute Gasteiger partial charge is 0.345 e. The lowest BCUT2D eigenvalue weighted by Crippen LogP contribution is -2.32. The molecule has 6 heteroatoms. The largest absolute Gasteiger partial charge is 0.423 e. The molecule has 0 aromatic heterocycles. The number of anilines is 1. The normalized spacial score (nSPS) is 28.0. The molecule has 4 unspecified atom stereocenters. The highest BCUT2D eigenvalue weighted by atomic mass is 35.5. The molecule has 4 atom stereocenters. The summed E-state index contributed by atoms with van der Waals surface area (Å²) in [7, 11) is 0. The number of halogens is 1. The first kappa shape index (κ1) is 17.4. The molecule has 2 aromatic rings. The molecule has 2 saturated carbocycles. The summed E-state index contributed by atoms with van der Waals surface area (Å²) in [6, 6.07) is 13.2. The molecule has 2 amide bonds. The van der Waals surface area contributed by atoms with Crippen LogP contribution < -0.4 is 9.64 Å². The number of carbonyl (C=O) groups excluding carboxylic acids is 3. The second-order valence-corrected chi connectivity index (χ2v) is 8.17. The maximum Gasteiger partial charge on any atom is 0.345 e. The van der Waals surface area contributed by atoms with E-state index in [0.29, 0.717) is 22.5 Å². The Balaban J connectivity index is 1.41. The fourth-order valence-electron chi connectivity index (χ4n) is 5.14. The van der Waals surface area contributed by atoms with Crippen LogP contribution in [0.15, 0.2) is 48.5 Å². The molecule has 3 fully saturated rings. The summed E-state index contributed by atoms with van der Waals surface area (Å²) in [5.74, 6) is -0.245. The van der Waals surface area contributed by atoms with Crippen molar-refractivity contribution in [3.63, 3.8) is 0 Å². The summed E-state index contributed by atoms with van der Waals surface area (Å²) in [6.07, 6.45) is 3.07. The first-order valence-electron chi connectivity index (χ1n) is 9.49. The SMILES string of the molecule is O=C(Oc1cccc(N2C(=O)C3C4CCC(C4)C3C2=O)c1)c1ccccc1Cl. The second kappa shape index (κ2) is 6.45. The van der Waals surface area contributed by atoms with Gasteiger partial charge in [0.15, 0.2) is 0 Å². The predicted molar refractivity (Wildman–Crippen MR) is 103 cm³/mol. The number of benzene rings is 2. The molecule has 2 aliphatic carbocycles. The van der Waals surface area contributed by atoms with E-state index >= 15 is 0 Å². The molecule has 1 heterocycles. The molecule has 5 rings (SSSR count). The average molecular weight is 396 g/mol. The zero-order chi connectivity index (χ0) is 19.4. The standard InChI is InChI=1S/C22H18ClNO4/c23-17-7-2-1-6-16(17)22(27)28-15-5-3-4-14(11-15)24-20(25)18-12-8-9-13(10-12)19(18)21(24)26/h1-7,11-13,18-19H,8-10H2. The van der Waals surface area contributed by atoms with Gasteiger partial charge in [0.2, 0.25) is 11.8 Å². The zero-order valence-electron chi connectivity index (χ0n) is 15.0. The van der Waals surface area contributed by atoms with E-state index in [2.05, 4.69) is 0 Å². The van der Waals surface area contributed by atoms with Crippen molar-refractivity contribution < 1.29 is 19.1 Å². The molecule has 28 heavy (non-hydrogen) atoms. The van der Waals surface area contributed by atoms with Gasteiger partial charge in [0, 0.05) is 6.07 Å². The summed E-state index contributed by atoms with van der Waals surface area (Å²) in [4.78, 5) is 39.6. The number of imide groups is 1. The van der Waals surface area contributed by atoms with Gasteiger partial charge in [-0.15, -0.1) is 0 Å². The third kappa shape index (κ3) is 2.57. The highest BCUT2D eigenvalue weighted by Gasteiger charge is 2.61. The number of hydrogen-bond acceptors (Lipinski definition) is 4. The molecule has 142 valence electrons. The fraction of sp³-hybridized carbons (Fsp3) is 0.318. The van der Waals surface area contributed by atoms with E-state index in [9.17, 15) is 14.4 Å². The van der Waals surface area contributed by atoms with Crippen molar-refractivity contribution >= 4 is 35.1 Å². The molecule has 3 aliphatic rings. The van der Waals surface area contributed by atoms with Gasteiger partial charge in [0.1, 0.15) is 5.75 Å². The summed E-state index contributed by atoms with van der Waals surface area (Å²) in [6.45, 7) is 0. The Hall–Kier alpha value is -2.66. The van der Waals surface area contributed by atoms with E-state index in [1.165, 1.54) is 4.90 Å². The maximum atomic E-state index is 13.0. The Kier molecular flexibility index (Phi) is 4.02. The van der Waals surface area contributed by atoms with E-state index in [1.54, 1.807) is 48.5 Å². The van der Waals surface area contributed by atoms with Crippen molar-refractivity contribution in [2.75, 3.05) is 4.90 Å². The first-order valence-corrected chi connectivity index (χ1v) is 9.87. The number of rotatable bonds is 3. The minimum Gasteiger partial charge on any atom is -0.423 e. The summed E-state index contributed by atoms with van der Waals surface area (Å²) >= 11 is 6.05. The van der Waals surface area contributed by atoms with Gasteiger partial charge in [-0.3, -0.25) is 9.59 Å². The maximum absolute atomic E-state index is 13.0. The number of ether oxygens (including phenoxy) is 1. The number of esters is 1. The number of nitrogens with zero attached hydrogens (tertiary/aromatic N) is 1. The van der Waals surface area contributed by atoms with Crippen LogP contribution in [0.5, 0.6) is 5.75 Å². The highest BCUT2D eigenvalue weighted by molar-refractivity contribution is 6.33. The Morgan fingerprint density at radius 2 is 1.64 bits per heavy atom. The number of fused-ring (bicyclic) bond motifs is 5. The Bertz CT molecular complexity index is 976. The Labute approximate surface area is 167 Å². The van der Waals surface area contributed by atoms with Crippen LogP contribution >= 0.6 is 11.6 Å². The van der Waals surface area contributed by atoms with Gasteiger partial charge in [-0.25, -0.2) is 9.69 Å². The third-order valence-electron chi connectivity index (χ3n) is 6.31. The van der Waals surface area contributed by atoms with Crippen molar-refractivity contribution in [2.24, 2.45) is 23.7 Å². The lowest BCUT2D eigenvalue weighted by molar-refractivity contribution is -0.123. The van der Waals surface area contributed by atoms with Crippen LogP contribution in [0.4, 0.5) is 5.69 Å². The van der Waals surface area contributed by atoms with E-state index in [4.69, 9.17) is 16.3 Å². The first-order chi connectivity index (χ1) is 13.5. The van der Waals surface area contributed by atoms with Crippen LogP contribution in [0.3, 0.4) is 0 Å². The van der Waals surface area contributed by atoms with Gasteiger partial charge in [-0.05, 0) is 55.4 Å². The molecule has 0 radical (unpaired) electrons. The van der Waals surface area contributed by atoms with Gasteiger partial charge < -0.3 is 4.74 Å². The quantitative estimate of drug-likeness (QED) is 0.446. The van der Waals surface area contributed by atoms with Crippen molar-refractivity contribution in [1.29, 1.82) is 0 Å². The van der Waals surface area contributed by atoms with Gasteiger partial charge in [0.05, 0.1) is 28.1 Å². The predicted octanol–water partition coefficient (Wildman–Crippen LogP) is 4.09. The minimum absolute atomic E-state index is 0.114. The van der Waals surface area contributed by atoms with Gasteiger partial charge in [0.25, 0.3) is 0 Å². The average Bonchev–Trinajstić information content (AvgIpc) is 3.36. The zero-order valence-corrected chi connectivity index (χ0v) is 15.8. The molecular weight excluding hydrogens is 378 g/mol. The molecule has 2 bridgehead atoms. The van der Waals surface area contributed by atoms with Crippen molar-refractivity contribution in [1.82, 2.24) is 0 Å². The van der Waals surface area contributed by atoms with Crippen LogP contribution in [-0.4, -0.2) is 17.8 Å². The van der Waals surface area contributed by atoms with Crippen LogP contribution in [0.2, 0.25) is 5.02 Å². The van der Waals surface area contributed by atoms with Crippen molar-refractivity contribution in [3.8, 4) is 5.75 Å². The minimum atomic E-state index is -0.586. The van der Waals surface area contributed by atoms with E-state index < -0.39 is 5.97 Å². The molecule has 0 N–H and O–H groups in total. The molecule has 1 saturated heterocycles. The molecule has 2 aromatic carbocycles. The van der Waals surface area contributed by atoms with Crippen molar-refractivity contribution in [3.05, 3.63) is 59.1 Å². The summed E-state index contributed by atoms with van der Waals surface area (Å²) < 4.78 is 5.43. The van der Waals surface area contributed by atoms with E-state index in [-0.39, 0.29) is 35.0 Å². The monoisotopic (exact) mass is 395 g/mol. The summed E-state index contributed by atoms with van der Waals surface area (Å²) in [5, 5.41) is 0.303. The third-order valence-corrected chi connectivity index (χ3v) is 6.64. The van der Waals surface area contributed by atoms with Crippen LogP contribution in [0.25, 0.3) is 0 Å². The number of amides is 2. The molecule has 0 spiro atoms. The van der Waals surface area contributed by atoms with Crippen LogP contribution in [0.1, 0.15) is 29.6 Å². The van der Waals surface area contributed by atoms with E-state index in [0.717, 1.165) is 19.3 Å². The number of hydrogen-bond donors (Lipinski definition) is 0. The number of carbonyl (C=O) groups is 3. The topological polar surface area (TPSA) is 63.7 Å². The lowest BCUT2D eigenvalue weighted by Gasteiger charge is -2.19. The molecule has 5 nitrogen and oxygen atoms in total. The Morgan fingerprint density at radius 1 is 0.964 bits per heavy atom. The second-order valence-electron chi connectivity index (χ2n) is 7.76. The van der Waals surface area contributed by atoms with Crippen LogP contribution in [-0.2, 0) is 9.59 Å². The highest BCUT2D eigenvalue weighted by Crippen LogP contribution is 2.56. The lowest BCUT2D eigenvalue weighted by atomic mass is 9.81. The molecular formula is C22H18ClNO4. The van der Waals surface area contributed by atoms with Crippen molar-refractivity contribution in [2.45, 2.75) is 19.3 Å². The van der Waals surface area contributed by atoms with Gasteiger partial charge in [-0.2, -0.15) is 0 Å².